The van der Waals surface area contributed by atoms with Crippen LogP contribution in [0.3, 0.4) is 0 Å². The molecule has 1 saturated heterocycles. The highest BCUT2D eigenvalue weighted by Gasteiger charge is 2.73. The Labute approximate surface area is 282 Å². The topological polar surface area (TPSA) is 75.7 Å². The number of imide groups is 1. The van der Waals surface area contributed by atoms with E-state index in [1.54, 1.807) is 24.3 Å². The van der Waals surface area contributed by atoms with Crippen molar-refractivity contribution in [1.29, 1.82) is 0 Å². The summed E-state index contributed by atoms with van der Waals surface area (Å²) >= 11 is 15.1. The lowest BCUT2D eigenvalue weighted by atomic mass is 9.54. The van der Waals surface area contributed by atoms with E-state index in [1.165, 1.54) is 0 Å². The third kappa shape index (κ3) is 4.21. The molecule has 5 aromatic carbocycles. The zero-order valence-corrected chi connectivity index (χ0v) is 27.1. The number of benzene rings is 5. The lowest BCUT2D eigenvalue weighted by Crippen LogP contribution is -2.57. The third-order valence-corrected chi connectivity index (χ3v) is 11.2. The van der Waals surface area contributed by atoms with Crippen LogP contribution in [0.25, 0.3) is 10.8 Å². The van der Waals surface area contributed by atoms with E-state index < -0.39 is 51.3 Å². The smallest absolute Gasteiger partial charge is 0.247 e. The molecule has 1 fully saturated rings. The normalized spacial score (nSPS) is 24.6. The first kappa shape index (κ1) is 29.7. The van der Waals surface area contributed by atoms with Crippen molar-refractivity contribution >= 4 is 57.4 Å². The summed E-state index contributed by atoms with van der Waals surface area (Å²) in [5, 5.41) is 5.11. The van der Waals surface area contributed by atoms with Crippen LogP contribution in [0.15, 0.2) is 115 Å². The predicted octanol–water partition coefficient (Wildman–Crippen LogP) is 8.19. The number of likely N-dealkylation sites (tertiary alicyclic amines) is 1. The maximum Gasteiger partial charge on any atom is 0.247 e. The highest BCUT2D eigenvalue weighted by molar-refractivity contribution is 6.36. The van der Waals surface area contributed by atoms with Gasteiger partial charge in [-0.05, 0) is 75.3 Å². The van der Waals surface area contributed by atoms with Gasteiger partial charge in [-0.15, -0.1) is 23.2 Å². The number of alkyl halides is 2. The molecule has 5 aromatic rings. The minimum Gasteiger partial charge on any atom is -0.457 e. The zero-order chi connectivity index (χ0) is 32.7. The van der Waals surface area contributed by atoms with Crippen molar-refractivity contribution in [2.45, 2.75) is 29.6 Å². The van der Waals surface area contributed by atoms with Gasteiger partial charge >= 0.3 is 0 Å². The summed E-state index contributed by atoms with van der Waals surface area (Å²) in [5.74, 6) is -2.49. The highest BCUT2D eigenvalue weighted by Crippen LogP contribution is 2.69. The number of carbonyl (C=O) groups excluding carboxylic acids is 3. The number of amides is 3. The lowest BCUT2D eigenvalue weighted by molar-refractivity contribution is -0.148. The van der Waals surface area contributed by atoms with Crippen LogP contribution in [0.2, 0.25) is 0 Å². The van der Waals surface area contributed by atoms with Gasteiger partial charge in [0.15, 0.2) is 0 Å². The first-order chi connectivity index (χ1) is 22.6. The summed E-state index contributed by atoms with van der Waals surface area (Å²) in [6.45, 7) is 3.64. The quantitative estimate of drug-likeness (QED) is 0.147. The summed E-state index contributed by atoms with van der Waals surface area (Å²) in [6, 6.07) is 34.8. The molecule has 6 nitrogen and oxygen atoms in total. The van der Waals surface area contributed by atoms with E-state index in [0.29, 0.717) is 17.2 Å². The maximum atomic E-state index is 14.5. The fourth-order valence-corrected chi connectivity index (χ4v) is 8.97. The molecule has 0 spiro atoms. The SMILES string of the molecule is CC(C)[C@@H](C(=O)Nc1ccc(Oc2ccc3ccccc3c2)cc1)N1C(=O)[C@H]2[C@H](C1=O)C1(Cl)c3ccccc3C2(Cl)c2ccccc21. The standard InChI is InChI=1S/C39H30Cl2N2O4/c1-22(2)34(35(44)42-25-16-19-26(20-17-25)47-27-18-15-23-9-3-4-10-24(23)21-27)43-36(45)32-33(37(43)46)39(41)29-12-6-5-11-28(29)38(32,40)30-13-7-8-14-31(30)39/h3-22,32-34H,1-2H3,(H,42,44)/t32-,33-,34+,38?,39?/m1/s1. The van der Waals surface area contributed by atoms with Gasteiger partial charge in [0.25, 0.3) is 0 Å². The van der Waals surface area contributed by atoms with Crippen LogP contribution in [0.4, 0.5) is 5.69 Å². The second kappa shape index (κ2) is 10.7. The molecule has 4 aliphatic rings. The van der Waals surface area contributed by atoms with Crippen molar-refractivity contribution in [3.63, 3.8) is 0 Å². The number of rotatable bonds is 6. The third-order valence-electron chi connectivity index (χ3n) is 9.88. The molecule has 8 heteroatoms. The fraction of sp³-hybridized carbons (Fsp3) is 0.205. The van der Waals surface area contributed by atoms with Crippen molar-refractivity contribution in [2.24, 2.45) is 17.8 Å². The van der Waals surface area contributed by atoms with Gasteiger partial charge in [-0.1, -0.05) is 92.7 Å². The molecule has 1 heterocycles. The number of carbonyl (C=O) groups is 3. The zero-order valence-electron chi connectivity index (χ0n) is 25.6. The van der Waals surface area contributed by atoms with Crippen LogP contribution < -0.4 is 10.1 Å². The number of nitrogens with zero attached hydrogens (tertiary/aromatic N) is 1. The second-order valence-electron chi connectivity index (χ2n) is 12.8. The van der Waals surface area contributed by atoms with Crippen LogP contribution in [-0.4, -0.2) is 28.7 Å². The number of hydrogen-bond acceptors (Lipinski definition) is 4. The Morgan fingerprint density at radius 3 is 1.66 bits per heavy atom. The minimum atomic E-state index is -1.31. The summed E-state index contributed by atoms with van der Waals surface area (Å²) in [6.07, 6.45) is 0. The van der Waals surface area contributed by atoms with Crippen LogP contribution in [0, 0.1) is 17.8 Å². The van der Waals surface area contributed by atoms with Crippen molar-refractivity contribution in [1.82, 2.24) is 4.90 Å². The van der Waals surface area contributed by atoms with E-state index in [4.69, 9.17) is 27.9 Å². The van der Waals surface area contributed by atoms with Crippen LogP contribution in [0.5, 0.6) is 11.5 Å². The van der Waals surface area contributed by atoms with Crippen molar-refractivity contribution in [3.05, 3.63) is 138 Å². The Morgan fingerprint density at radius 1 is 0.681 bits per heavy atom. The van der Waals surface area contributed by atoms with Gasteiger partial charge in [-0.25, -0.2) is 0 Å². The van der Waals surface area contributed by atoms with Gasteiger partial charge in [0.05, 0.1) is 11.8 Å². The van der Waals surface area contributed by atoms with E-state index in [0.717, 1.165) is 37.9 Å². The van der Waals surface area contributed by atoms with E-state index in [-0.39, 0.29) is 0 Å². The van der Waals surface area contributed by atoms with Crippen molar-refractivity contribution in [2.75, 3.05) is 5.32 Å². The molecule has 47 heavy (non-hydrogen) atoms. The monoisotopic (exact) mass is 660 g/mol. The Balaban J connectivity index is 1.08. The summed E-state index contributed by atoms with van der Waals surface area (Å²) in [7, 11) is 0. The van der Waals surface area contributed by atoms with Crippen LogP contribution in [0.1, 0.15) is 36.1 Å². The number of halogens is 2. The maximum absolute atomic E-state index is 14.5. The van der Waals surface area contributed by atoms with Gasteiger partial charge in [0.2, 0.25) is 17.7 Å². The molecule has 234 valence electrons. The van der Waals surface area contributed by atoms with E-state index in [2.05, 4.69) is 5.32 Å². The number of anilines is 1. The fourth-order valence-electron chi connectivity index (χ4n) is 7.87. The molecule has 0 radical (unpaired) electrons. The van der Waals surface area contributed by atoms with Crippen LogP contribution >= 0.6 is 23.2 Å². The van der Waals surface area contributed by atoms with Crippen LogP contribution in [-0.2, 0) is 24.1 Å². The summed E-state index contributed by atoms with van der Waals surface area (Å²) in [4.78, 5) is 41.4. The Bertz CT molecular complexity index is 1990. The molecule has 3 atom stereocenters. The molecule has 3 aliphatic carbocycles. The highest BCUT2D eigenvalue weighted by atomic mass is 35.5. The lowest BCUT2D eigenvalue weighted by Gasteiger charge is -2.54. The first-order valence-corrected chi connectivity index (χ1v) is 16.4. The molecule has 9 rings (SSSR count). The average molecular weight is 662 g/mol. The van der Waals surface area contributed by atoms with E-state index in [1.807, 2.05) is 105 Å². The Hall–Kier alpha value is -4.65. The number of nitrogens with one attached hydrogen (secondary N) is 1. The number of ether oxygens (including phenoxy) is 1. The van der Waals surface area contributed by atoms with Gasteiger partial charge in [-0.2, -0.15) is 0 Å². The van der Waals surface area contributed by atoms with Crippen molar-refractivity contribution < 1.29 is 19.1 Å². The second-order valence-corrected chi connectivity index (χ2v) is 14.0. The molecule has 0 saturated carbocycles. The minimum absolute atomic E-state index is 0.390. The van der Waals surface area contributed by atoms with Gasteiger partial charge in [0, 0.05) is 5.69 Å². The number of hydrogen-bond donors (Lipinski definition) is 1. The average Bonchev–Trinajstić information content (AvgIpc) is 3.35. The molecule has 3 amide bonds. The van der Waals surface area contributed by atoms with Crippen molar-refractivity contribution in [3.8, 4) is 11.5 Å². The molecular weight excluding hydrogens is 631 g/mol. The predicted molar refractivity (Wildman–Crippen MR) is 183 cm³/mol. The molecular formula is C39H30Cl2N2O4. The van der Waals surface area contributed by atoms with Gasteiger partial charge in [-0.3, -0.25) is 19.3 Å². The molecule has 0 unspecified atom stereocenters. The van der Waals surface area contributed by atoms with E-state index >= 15 is 0 Å². The van der Waals surface area contributed by atoms with Gasteiger partial charge < -0.3 is 10.1 Å². The Morgan fingerprint density at radius 2 is 1.15 bits per heavy atom. The molecule has 2 bridgehead atoms. The summed E-state index contributed by atoms with van der Waals surface area (Å²) < 4.78 is 6.06. The largest absolute Gasteiger partial charge is 0.457 e. The molecule has 1 aliphatic heterocycles. The number of fused-ring (bicyclic) bond motifs is 1. The molecule has 0 aromatic heterocycles. The van der Waals surface area contributed by atoms with E-state index in [9.17, 15) is 14.4 Å². The molecule has 1 N–H and O–H groups in total. The Kier molecular flexibility index (Phi) is 6.76. The van der Waals surface area contributed by atoms with Gasteiger partial charge in [0.1, 0.15) is 27.3 Å². The first-order valence-electron chi connectivity index (χ1n) is 15.7. The summed E-state index contributed by atoms with van der Waals surface area (Å²) in [5.41, 5.74) is 3.38.